The lowest BCUT2D eigenvalue weighted by Crippen LogP contribution is -2.37. The first kappa shape index (κ1) is 21.2. The summed E-state index contributed by atoms with van der Waals surface area (Å²) in [7, 11) is 2.89. The average Bonchev–Trinajstić information content (AvgIpc) is 3.43. The molecule has 0 bridgehead atoms. The van der Waals surface area contributed by atoms with E-state index in [1.54, 1.807) is 40.0 Å². The molecule has 0 unspecified atom stereocenters. The van der Waals surface area contributed by atoms with Gasteiger partial charge in [0, 0.05) is 17.9 Å². The average molecular weight is 424 g/mol. The topological polar surface area (TPSA) is 71.1 Å². The molecular formula is C25H28O6. The summed E-state index contributed by atoms with van der Waals surface area (Å²) in [5.74, 6) is -0.775. The minimum atomic E-state index is -1.46. The smallest absolute Gasteiger partial charge is 0.325 e. The van der Waals surface area contributed by atoms with Crippen molar-refractivity contribution in [2.45, 2.75) is 45.3 Å². The van der Waals surface area contributed by atoms with E-state index in [1.165, 1.54) is 7.11 Å². The Labute approximate surface area is 182 Å². The molecule has 0 saturated heterocycles. The van der Waals surface area contributed by atoms with Crippen molar-refractivity contribution >= 4 is 11.9 Å². The fourth-order valence-electron chi connectivity index (χ4n) is 4.65. The highest BCUT2D eigenvalue weighted by Gasteiger charge is 2.81. The number of benzene rings is 2. The molecule has 4 rings (SSSR count). The molecule has 0 radical (unpaired) electrons. The van der Waals surface area contributed by atoms with Gasteiger partial charge in [0.05, 0.1) is 14.2 Å². The summed E-state index contributed by atoms with van der Waals surface area (Å²) >= 11 is 0. The minimum absolute atomic E-state index is 0.407. The predicted octanol–water partition coefficient (Wildman–Crippen LogP) is 4.35. The Morgan fingerprint density at radius 1 is 1.00 bits per heavy atom. The van der Waals surface area contributed by atoms with E-state index >= 15 is 0 Å². The number of carbonyl (C=O) groups is 2. The van der Waals surface area contributed by atoms with Crippen LogP contribution >= 0.6 is 0 Å². The largest absolute Gasteiger partial charge is 0.497 e. The normalized spacial score (nSPS) is 26.1. The molecule has 1 aliphatic heterocycles. The van der Waals surface area contributed by atoms with Crippen LogP contribution in [0.5, 0.6) is 11.5 Å². The summed E-state index contributed by atoms with van der Waals surface area (Å²) in [5.41, 5.74) is 0.582. The summed E-state index contributed by atoms with van der Waals surface area (Å²) in [6, 6.07) is 13.4. The fourth-order valence-corrected chi connectivity index (χ4v) is 4.65. The molecule has 31 heavy (non-hydrogen) atoms. The molecule has 2 aromatic rings. The second kappa shape index (κ2) is 7.29. The molecule has 0 amide bonds. The molecular weight excluding hydrogens is 396 g/mol. The number of hydrogen-bond donors (Lipinski definition) is 0. The lowest BCUT2D eigenvalue weighted by atomic mass is 9.95. The Balaban J connectivity index is 1.87. The van der Waals surface area contributed by atoms with Gasteiger partial charge in [0.2, 0.25) is 0 Å². The number of fused-ring (bicyclic) bond motifs is 3. The number of rotatable bonds is 4. The molecule has 0 aromatic heterocycles. The summed E-state index contributed by atoms with van der Waals surface area (Å²) in [6.07, 6.45) is -0.503. The molecule has 0 spiro atoms. The number of methoxy groups -OCH3 is 2. The summed E-state index contributed by atoms with van der Waals surface area (Å²) < 4.78 is 22.6. The second-order valence-electron chi connectivity index (χ2n) is 9.22. The SMILES string of the molecule is COC(=O)[C@@]1(C(=O)OC(C)(C)C)[C@@H]2[C@H]1c1ccc(OC)cc1O[C@H]2c1ccc(C)cc1. The summed E-state index contributed by atoms with van der Waals surface area (Å²) in [5, 5.41) is 0. The molecule has 6 heteroatoms. The highest BCUT2D eigenvalue weighted by molar-refractivity contribution is 6.06. The molecule has 2 aliphatic rings. The van der Waals surface area contributed by atoms with Gasteiger partial charge in [0.15, 0.2) is 5.41 Å². The number of carbonyl (C=O) groups excluding carboxylic acids is 2. The lowest BCUT2D eigenvalue weighted by molar-refractivity contribution is -0.172. The van der Waals surface area contributed by atoms with Crippen LogP contribution in [0.25, 0.3) is 0 Å². The van der Waals surface area contributed by atoms with Crippen LogP contribution in [0.1, 0.15) is 49.5 Å². The van der Waals surface area contributed by atoms with Crippen molar-refractivity contribution in [3.63, 3.8) is 0 Å². The standard InChI is InChI=1S/C25H28O6/c1-14-7-9-15(10-8-14)21-20-19(17-12-11-16(28-5)13-18(17)30-21)25(20,22(26)29-6)23(27)31-24(2,3)4/h7-13,19-21H,1-6H3/t19-,20-,21+,25+/m1/s1. The van der Waals surface area contributed by atoms with Crippen LogP contribution in [0.15, 0.2) is 42.5 Å². The monoisotopic (exact) mass is 424 g/mol. The number of aryl methyl sites for hydroxylation is 1. The summed E-state index contributed by atoms with van der Waals surface area (Å²) in [6.45, 7) is 7.36. The number of hydrogen-bond acceptors (Lipinski definition) is 6. The highest BCUT2D eigenvalue weighted by Crippen LogP contribution is 2.74. The number of ether oxygens (including phenoxy) is 4. The van der Waals surface area contributed by atoms with Crippen LogP contribution in [-0.2, 0) is 19.1 Å². The van der Waals surface area contributed by atoms with Gasteiger partial charge < -0.3 is 18.9 Å². The van der Waals surface area contributed by atoms with Gasteiger partial charge >= 0.3 is 11.9 Å². The van der Waals surface area contributed by atoms with E-state index in [1.807, 2.05) is 37.3 Å². The highest BCUT2D eigenvalue weighted by atomic mass is 16.6. The zero-order valence-corrected chi connectivity index (χ0v) is 18.7. The number of esters is 2. The van der Waals surface area contributed by atoms with Gasteiger partial charge in [-0.15, -0.1) is 0 Å². The van der Waals surface area contributed by atoms with Crippen molar-refractivity contribution in [2.75, 3.05) is 14.2 Å². The molecule has 164 valence electrons. The van der Waals surface area contributed by atoms with Gasteiger partial charge in [0.1, 0.15) is 23.2 Å². The van der Waals surface area contributed by atoms with E-state index < -0.39 is 40.9 Å². The zero-order valence-electron chi connectivity index (χ0n) is 18.7. The molecule has 0 N–H and O–H groups in total. The lowest BCUT2D eigenvalue weighted by Gasteiger charge is -2.26. The quantitative estimate of drug-likeness (QED) is 0.537. The first-order valence-corrected chi connectivity index (χ1v) is 10.4. The molecule has 2 aromatic carbocycles. The van der Waals surface area contributed by atoms with Crippen molar-refractivity contribution in [1.29, 1.82) is 0 Å². The van der Waals surface area contributed by atoms with E-state index in [2.05, 4.69) is 0 Å². The van der Waals surface area contributed by atoms with Crippen LogP contribution in [0, 0.1) is 18.3 Å². The van der Waals surface area contributed by atoms with E-state index in [9.17, 15) is 9.59 Å². The first-order valence-electron chi connectivity index (χ1n) is 10.4. The van der Waals surface area contributed by atoms with Crippen molar-refractivity contribution in [3.8, 4) is 11.5 Å². The van der Waals surface area contributed by atoms with Gasteiger partial charge in [-0.25, -0.2) is 0 Å². The van der Waals surface area contributed by atoms with E-state index in [-0.39, 0.29) is 0 Å². The maximum Gasteiger partial charge on any atom is 0.325 e. The molecule has 6 nitrogen and oxygen atoms in total. The first-order chi connectivity index (χ1) is 14.6. The van der Waals surface area contributed by atoms with E-state index in [4.69, 9.17) is 18.9 Å². The third kappa shape index (κ3) is 3.34. The van der Waals surface area contributed by atoms with Gasteiger partial charge in [-0.3, -0.25) is 9.59 Å². The molecule has 1 fully saturated rings. The third-order valence-electron chi connectivity index (χ3n) is 6.07. The Bertz CT molecular complexity index is 1020. The fraction of sp³-hybridized carbons (Fsp3) is 0.440. The second-order valence-corrected chi connectivity index (χ2v) is 9.22. The Kier molecular flexibility index (Phi) is 4.99. The van der Waals surface area contributed by atoms with Gasteiger partial charge in [-0.1, -0.05) is 35.9 Å². The van der Waals surface area contributed by atoms with Gasteiger partial charge in [0.25, 0.3) is 0 Å². The Morgan fingerprint density at radius 3 is 2.26 bits per heavy atom. The summed E-state index contributed by atoms with van der Waals surface area (Å²) in [4.78, 5) is 26.6. The minimum Gasteiger partial charge on any atom is -0.497 e. The van der Waals surface area contributed by atoms with Crippen LogP contribution < -0.4 is 9.47 Å². The van der Waals surface area contributed by atoms with Crippen molar-refractivity contribution in [2.24, 2.45) is 11.3 Å². The van der Waals surface area contributed by atoms with Crippen molar-refractivity contribution in [1.82, 2.24) is 0 Å². The van der Waals surface area contributed by atoms with Crippen LogP contribution in [0.2, 0.25) is 0 Å². The molecule has 1 heterocycles. The van der Waals surface area contributed by atoms with Gasteiger partial charge in [-0.05, 0) is 44.9 Å². The molecule has 1 saturated carbocycles. The molecule has 4 atom stereocenters. The van der Waals surface area contributed by atoms with Crippen molar-refractivity contribution < 1.29 is 28.5 Å². The maximum atomic E-state index is 13.5. The van der Waals surface area contributed by atoms with E-state index in [0.29, 0.717) is 11.5 Å². The Morgan fingerprint density at radius 2 is 1.68 bits per heavy atom. The third-order valence-corrected chi connectivity index (χ3v) is 6.07. The van der Waals surface area contributed by atoms with Crippen LogP contribution in [-0.4, -0.2) is 31.8 Å². The molecule has 1 aliphatic carbocycles. The predicted molar refractivity (Wildman–Crippen MR) is 114 cm³/mol. The zero-order chi connectivity index (χ0) is 22.6. The van der Waals surface area contributed by atoms with E-state index in [0.717, 1.165) is 16.7 Å². The van der Waals surface area contributed by atoms with Crippen LogP contribution in [0.3, 0.4) is 0 Å². The Hall–Kier alpha value is -3.02. The van der Waals surface area contributed by atoms with Crippen molar-refractivity contribution in [3.05, 3.63) is 59.2 Å². The van der Waals surface area contributed by atoms with Gasteiger partial charge in [-0.2, -0.15) is 0 Å². The van der Waals surface area contributed by atoms with Crippen LogP contribution in [0.4, 0.5) is 0 Å². The maximum absolute atomic E-state index is 13.5.